The van der Waals surface area contributed by atoms with Gasteiger partial charge in [-0.3, -0.25) is 0 Å². The average molecular weight is 323 g/mol. The van der Waals surface area contributed by atoms with E-state index in [9.17, 15) is 4.79 Å². The van der Waals surface area contributed by atoms with E-state index in [-0.39, 0.29) is 0 Å². The van der Waals surface area contributed by atoms with Gasteiger partial charge < -0.3 is 9.57 Å². The van der Waals surface area contributed by atoms with E-state index in [1.165, 1.54) is 5.56 Å². The molecule has 0 saturated heterocycles. The summed E-state index contributed by atoms with van der Waals surface area (Å²) in [6.45, 7) is 3.89. The molecule has 0 aromatic heterocycles. The quantitative estimate of drug-likeness (QED) is 0.467. The van der Waals surface area contributed by atoms with Crippen LogP contribution in [-0.4, -0.2) is 18.8 Å². The van der Waals surface area contributed by atoms with Crippen LogP contribution < -0.4 is 4.74 Å². The van der Waals surface area contributed by atoms with Gasteiger partial charge in [0.25, 0.3) is 0 Å². The SMILES string of the molecule is COc1ccc(C2CC2/C(C)=N/OC(=O)c2ccc(C)cc2)cc1. The van der Waals surface area contributed by atoms with Gasteiger partial charge in [-0.15, -0.1) is 0 Å². The van der Waals surface area contributed by atoms with Crippen molar-refractivity contribution < 1.29 is 14.4 Å². The first-order valence-corrected chi connectivity index (χ1v) is 8.05. The highest BCUT2D eigenvalue weighted by atomic mass is 16.7. The second kappa shape index (κ2) is 6.87. The van der Waals surface area contributed by atoms with Crippen LogP contribution in [0.4, 0.5) is 0 Å². The summed E-state index contributed by atoms with van der Waals surface area (Å²) in [7, 11) is 1.66. The summed E-state index contributed by atoms with van der Waals surface area (Å²) in [6, 6.07) is 15.4. The highest BCUT2D eigenvalue weighted by Gasteiger charge is 2.40. The fourth-order valence-electron chi connectivity index (χ4n) is 2.80. The summed E-state index contributed by atoms with van der Waals surface area (Å²) in [5.74, 6) is 1.21. The van der Waals surface area contributed by atoms with Crippen LogP contribution in [0.2, 0.25) is 0 Å². The van der Waals surface area contributed by atoms with Gasteiger partial charge in [0.1, 0.15) is 5.75 Å². The molecule has 1 aliphatic rings. The normalized spacial score (nSPS) is 19.7. The van der Waals surface area contributed by atoms with Crippen LogP contribution in [0.25, 0.3) is 0 Å². The monoisotopic (exact) mass is 323 g/mol. The Kier molecular flexibility index (Phi) is 4.65. The number of rotatable bonds is 5. The van der Waals surface area contributed by atoms with Crippen molar-refractivity contribution in [1.29, 1.82) is 0 Å². The Balaban J connectivity index is 1.58. The maximum absolute atomic E-state index is 12.0. The zero-order valence-electron chi connectivity index (χ0n) is 14.2. The molecule has 1 aliphatic carbocycles. The van der Waals surface area contributed by atoms with Crippen molar-refractivity contribution in [2.45, 2.75) is 26.2 Å². The van der Waals surface area contributed by atoms with Crippen molar-refractivity contribution in [3.05, 3.63) is 65.2 Å². The van der Waals surface area contributed by atoms with Gasteiger partial charge in [-0.1, -0.05) is 35.0 Å². The minimum atomic E-state index is -0.420. The molecule has 0 amide bonds. The molecule has 0 bridgehead atoms. The van der Waals surface area contributed by atoms with Crippen LogP contribution in [0.1, 0.15) is 40.7 Å². The zero-order valence-corrected chi connectivity index (χ0v) is 14.2. The Morgan fingerprint density at radius 2 is 1.75 bits per heavy atom. The van der Waals surface area contributed by atoms with Crippen LogP contribution >= 0.6 is 0 Å². The molecule has 0 N–H and O–H groups in total. The first kappa shape index (κ1) is 16.2. The van der Waals surface area contributed by atoms with Crippen molar-refractivity contribution in [3.63, 3.8) is 0 Å². The third-order valence-electron chi connectivity index (χ3n) is 4.43. The molecule has 0 spiro atoms. The van der Waals surface area contributed by atoms with Crippen LogP contribution in [0.5, 0.6) is 5.75 Å². The van der Waals surface area contributed by atoms with Crippen molar-refractivity contribution in [2.24, 2.45) is 11.1 Å². The summed E-state index contributed by atoms with van der Waals surface area (Å²) >= 11 is 0. The number of nitrogens with zero attached hydrogens (tertiary/aromatic N) is 1. The number of carbonyl (C=O) groups is 1. The molecule has 2 aromatic rings. The van der Waals surface area contributed by atoms with E-state index in [4.69, 9.17) is 9.57 Å². The molecule has 1 fully saturated rings. The van der Waals surface area contributed by atoms with E-state index < -0.39 is 5.97 Å². The molecule has 0 heterocycles. The largest absolute Gasteiger partial charge is 0.497 e. The summed E-state index contributed by atoms with van der Waals surface area (Å²) < 4.78 is 5.18. The third kappa shape index (κ3) is 3.65. The van der Waals surface area contributed by atoms with Crippen molar-refractivity contribution in [3.8, 4) is 5.75 Å². The lowest BCUT2D eigenvalue weighted by Gasteiger charge is -2.03. The molecular weight excluding hydrogens is 302 g/mol. The lowest BCUT2D eigenvalue weighted by molar-refractivity contribution is 0.0514. The molecule has 0 radical (unpaired) electrons. The fourth-order valence-corrected chi connectivity index (χ4v) is 2.80. The van der Waals surface area contributed by atoms with Gasteiger partial charge in [-0.05, 0) is 56.0 Å². The first-order chi connectivity index (χ1) is 11.6. The number of benzene rings is 2. The van der Waals surface area contributed by atoms with E-state index in [1.807, 2.05) is 38.1 Å². The summed E-state index contributed by atoms with van der Waals surface area (Å²) in [6.07, 6.45) is 1.03. The van der Waals surface area contributed by atoms with Crippen molar-refractivity contribution >= 4 is 11.7 Å². The lowest BCUT2D eigenvalue weighted by atomic mass is 10.1. The fraction of sp³-hybridized carbons (Fsp3) is 0.300. The molecular formula is C20H21NO3. The first-order valence-electron chi connectivity index (χ1n) is 8.05. The Bertz CT molecular complexity index is 747. The minimum Gasteiger partial charge on any atom is -0.497 e. The van der Waals surface area contributed by atoms with E-state index in [0.717, 1.165) is 23.4 Å². The van der Waals surface area contributed by atoms with Crippen LogP contribution in [0.15, 0.2) is 53.7 Å². The van der Waals surface area contributed by atoms with Crippen molar-refractivity contribution in [1.82, 2.24) is 0 Å². The Morgan fingerprint density at radius 3 is 2.38 bits per heavy atom. The molecule has 0 aliphatic heterocycles. The number of methoxy groups -OCH3 is 1. The van der Waals surface area contributed by atoms with E-state index in [1.54, 1.807) is 19.2 Å². The van der Waals surface area contributed by atoms with Gasteiger partial charge in [-0.2, -0.15) is 0 Å². The van der Waals surface area contributed by atoms with E-state index in [0.29, 0.717) is 17.4 Å². The van der Waals surface area contributed by atoms with Crippen LogP contribution in [0.3, 0.4) is 0 Å². The number of aryl methyl sites for hydroxylation is 1. The molecule has 3 rings (SSSR count). The van der Waals surface area contributed by atoms with Gasteiger partial charge in [0.15, 0.2) is 0 Å². The van der Waals surface area contributed by atoms with Gasteiger partial charge in [0, 0.05) is 5.92 Å². The van der Waals surface area contributed by atoms with E-state index >= 15 is 0 Å². The molecule has 124 valence electrons. The molecule has 2 atom stereocenters. The average Bonchev–Trinajstić information content (AvgIpc) is 3.41. The van der Waals surface area contributed by atoms with Gasteiger partial charge in [-0.25, -0.2) is 4.79 Å². The summed E-state index contributed by atoms with van der Waals surface area (Å²) in [5.41, 5.74) is 3.74. The van der Waals surface area contributed by atoms with Gasteiger partial charge in [0.2, 0.25) is 0 Å². The van der Waals surface area contributed by atoms with Gasteiger partial charge >= 0.3 is 5.97 Å². The molecule has 2 aromatic carbocycles. The predicted molar refractivity (Wildman–Crippen MR) is 93.5 cm³/mol. The number of hydrogen-bond donors (Lipinski definition) is 0. The lowest BCUT2D eigenvalue weighted by Crippen LogP contribution is -2.04. The maximum atomic E-state index is 12.0. The van der Waals surface area contributed by atoms with Crippen molar-refractivity contribution in [2.75, 3.05) is 7.11 Å². The number of oxime groups is 1. The van der Waals surface area contributed by atoms with E-state index in [2.05, 4.69) is 17.3 Å². The second-order valence-electron chi connectivity index (χ2n) is 6.20. The van der Waals surface area contributed by atoms with Gasteiger partial charge in [0.05, 0.1) is 18.4 Å². The van der Waals surface area contributed by atoms with Crippen LogP contribution in [-0.2, 0) is 4.84 Å². The predicted octanol–water partition coefficient (Wildman–Crippen LogP) is 4.34. The topological polar surface area (TPSA) is 47.9 Å². The van der Waals surface area contributed by atoms with Crippen LogP contribution in [0, 0.1) is 12.8 Å². The Labute approximate surface area is 142 Å². The molecule has 2 unspecified atom stereocenters. The molecule has 24 heavy (non-hydrogen) atoms. The number of ether oxygens (including phenoxy) is 1. The zero-order chi connectivity index (χ0) is 17.1. The summed E-state index contributed by atoms with van der Waals surface area (Å²) in [5, 5.41) is 4.04. The molecule has 4 nitrogen and oxygen atoms in total. The maximum Gasteiger partial charge on any atom is 0.365 e. The highest BCUT2D eigenvalue weighted by Crippen LogP contribution is 2.48. The Morgan fingerprint density at radius 1 is 1.08 bits per heavy atom. The second-order valence-corrected chi connectivity index (χ2v) is 6.20. The third-order valence-corrected chi connectivity index (χ3v) is 4.43. The molecule has 4 heteroatoms. The number of hydrogen-bond acceptors (Lipinski definition) is 4. The summed E-state index contributed by atoms with van der Waals surface area (Å²) in [4.78, 5) is 17.1. The standard InChI is InChI=1S/C20H21NO3/c1-13-4-6-16(7-5-13)20(22)24-21-14(2)18-12-19(18)15-8-10-17(23-3)11-9-15/h4-11,18-19H,12H2,1-3H3/b21-14+. The number of carbonyl (C=O) groups excluding carboxylic acids is 1. The smallest absolute Gasteiger partial charge is 0.365 e. The minimum absolute atomic E-state index is 0.337. The highest BCUT2D eigenvalue weighted by molar-refractivity contribution is 5.91. The Hall–Kier alpha value is -2.62. The molecule has 1 saturated carbocycles.